The summed E-state index contributed by atoms with van der Waals surface area (Å²) in [5.41, 5.74) is 0. The topological polar surface area (TPSA) is 124 Å². The van der Waals surface area contributed by atoms with Crippen LogP contribution in [0.15, 0.2) is 24.3 Å². The number of unbranched alkanes of at least 4 members (excludes halogenated alkanes) is 19. The highest BCUT2D eigenvalue weighted by Gasteiger charge is 2.07. The summed E-state index contributed by atoms with van der Waals surface area (Å²) in [5, 5.41) is 35.8. The van der Waals surface area contributed by atoms with E-state index in [0.29, 0.717) is 12.8 Å². The number of hydrogen-bond acceptors (Lipinski definition) is 6. The van der Waals surface area contributed by atoms with E-state index in [0.717, 1.165) is 64.2 Å². The molecular weight excluding hydrogens is 556 g/mol. The Hall–Kier alpha value is -1.70. The molecule has 0 saturated carbocycles. The van der Waals surface area contributed by atoms with Crippen molar-refractivity contribution in [2.75, 3.05) is 13.2 Å². The van der Waals surface area contributed by atoms with Crippen molar-refractivity contribution in [2.45, 2.75) is 187 Å². The fraction of sp³-hybridized carbons (Fsp3) is 0.838. The van der Waals surface area contributed by atoms with Gasteiger partial charge in [0.1, 0.15) is 12.7 Å². The van der Waals surface area contributed by atoms with E-state index in [9.17, 15) is 14.7 Å². The van der Waals surface area contributed by atoms with Crippen molar-refractivity contribution in [3.63, 3.8) is 0 Å². The number of carbonyl (C=O) groups excluding carboxylic acids is 1. The average molecular weight is 627 g/mol. The Bertz CT molecular complexity index is 662. The monoisotopic (exact) mass is 627 g/mol. The van der Waals surface area contributed by atoms with Crippen molar-refractivity contribution < 1.29 is 34.8 Å². The molecule has 0 aromatic carbocycles. The standard InChI is InChI=1S/C19H38O4.C18H32O3/c1-2-3-4-5-6-7-8-9-10-11-12-13-14-15-19(22)23-17-18(21)16-20;1-2-3-11-14-17(19)15-12-9-7-5-4-6-8-10-13-16-18(20)21/h18,20-21H,2-17H2,1H3;7,9,12,15,17,19H,2-6,8,10-11,13-14,16H2,1H3,(H,20,21)/b;9-7+,15-12+. The van der Waals surface area contributed by atoms with Gasteiger partial charge in [-0.2, -0.15) is 0 Å². The molecule has 0 aliphatic carbocycles. The smallest absolute Gasteiger partial charge is 0.305 e. The minimum absolute atomic E-state index is 0.103. The third kappa shape index (κ3) is 40.3. The Morgan fingerprint density at radius 1 is 0.636 bits per heavy atom. The molecule has 0 rings (SSSR count). The van der Waals surface area contributed by atoms with Gasteiger partial charge in [0, 0.05) is 12.8 Å². The number of rotatable bonds is 31. The number of allylic oxidation sites excluding steroid dienone is 3. The first-order valence-electron chi connectivity index (χ1n) is 18.0. The second-order valence-corrected chi connectivity index (χ2v) is 12.1. The van der Waals surface area contributed by atoms with E-state index in [4.69, 9.17) is 20.1 Å². The number of carbonyl (C=O) groups is 2. The van der Waals surface area contributed by atoms with Gasteiger partial charge in [0.2, 0.25) is 0 Å². The molecule has 0 radical (unpaired) electrons. The molecule has 260 valence electrons. The molecular formula is C37H70O7. The summed E-state index contributed by atoms with van der Waals surface area (Å²) < 4.78 is 4.85. The SMILES string of the molecule is CCCCCC(O)/C=C/C=C/CCCCCCCC(=O)O.CCCCCCCCCCCCCCCC(=O)OCC(O)CO. The van der Waals surface area contributed by atoms with Crippen LogP contribution in [0.5, 0.6) is 0 Å². The summed E-state index contributed by atoms with van der Waals surface area (Å²) in [6.07, 6.45) is 34.7. The molecule has 0 aromatic rings. The molecule has 0 heterocycles. The Morgan fingerprint density at radius 2 is 1.11 bits per heavy atom. The van der Waals surface area contributed by atoms with Crippen LogP contribution in [-0.4, -0.2) is 57.8 Å². The van der Waals surface area contributed by atoms with Crippen molar-refractivity contribution in [1.29, 1.82) is 0 Å². The zero-order chi connectivity index (χ0) is 32.9. The maximum Gasteiger partial charge on any atom is 0.305 e. The Kier molecular flexibility index (Phi) is 37.8. The van der Waals surface area contributed by atoms with E-state index >= 15 is 0 Å². The summed E-state index contributed by atoms with van der Waals surface area (Å²) >= 11 is 0. The zero-order valence-electron chi connectivity index (χ0n) is 28.6. The highest BCUT2D eigenvalue weighted by Crippen LogP contribution is 2.13. The fourth-order valence-electron chi connectivity index (χ4n) is 4.74. The molecule has 0 spiro atoms. The van der Waals surface area contributed by atoms with Crippen molar-refractivity contribution in [3.05, 3.63) is 24.3 Å². The number of aliphatic hydroxyl groups is 3. The van der Waals surface area contributed by atoms with Crippen LogP contribution in [0.1, 0.15) is 174 Å². The maximum atomic E-state index is 11.3. The van der Waals surface area contributed by atoms with Crippen LogP contribution in [0.3, 0.4) is 0 Å². The van der Waals surface area contributed by atoms with E-state index < -0.39 is 12.1 Å². The van der Waals surface area contributed by atoms with Gasteiger partial charge in [-0.05, 0) is 32.1 Å². The molecule has 0 aliphatic rings. The van der Waals surface area contributed by atoms with Gasteiger partial charge in [0.05, 0.1) is 12.7 Å². The minimum Gasteiger partial charge on any atom is -0.481 e. The molecule has 0 aliphatic heterocycles. The Labute approximate surface area is 270 Å². The number of aliphatic hydroxyl groups excluding tert-OH is 3. The van der Waals surface area contributed by atoms with Crippen LogP contribution >= 0.6 is 0 Å². The zero-order valence-corrected chi connectivity index (χ0v) is 28.6. The molecule has 0 bridgehead atoms. The molecule has 0 saturated heterocycles. The number of ether oxygens (including phenoxy) is 1. The first-order valence-corrected chi connectivity index (χ1v) is 18.0. The third-order valence-electron chi connectivity index (χ3n) is 7.58. The molecule has 2 atom stereocenters. The molecule has 2 unspecified atom stereocenters. The van der Waals surface area contributed by atoms with Crippen LogP contribution in [0, 0.1) is 0 Å². The van der Waals surface area contributed by atoms with Crippen molar-refractivity contribution in [1.82, 2.24) is 0 Å². The molecule has 7 nitrogen and oxygen atoms in total. The molecule has 0 fully saturated rings. The first kappa shape index (κ1) is 44.4. The predicted molar refractivity (Wildman–Crippen MR) is 183 cm³/mol. The van der Waals surface area contributed by atoms with E-state index in [1.807, 2.05) is 18.2 Å². The van der Waals surface area contributed by atoms with E-state index in [1.165, 1.54) is 83.5 Å². The van der Waals surface area contributed by atoms with Crippen LogP contribution < -0.4 is 0 Å². The van der Waals surface area contributed by atoms with Gasteiger partial charge in [-0.3, -0.25) is 9.59 Å². The molecule has 0 amide bonds. The quantitative estimate of drug-likeness (QED) is 0.0343. The predicted octanol–water partition coefficient (Wildman–Crippen LogP) is 9.22. The lowest BCUT2D eigenvalue weighted by Crippen LogP contribution is -2.21. The second-order valence-electron chi connectivity index (χ2n) is 12.1. The molecule has 44 heavy (non-hydrogen) atoms. The minimum atomic E-state index is -0.953. The van der Waals surface area contributed by atoms with Crippen molar-refractivity contribution in [3.8, 4) is 0 Å². The lowest BCUT2D eigenvalue weighted by Gasteiger charge is -2.08. The number of hydrogen-bond donors (Lipinski definition) is 4. The van der Waals surface area contributed by atoms with Crippen molar-refractivity contribution in [2.24, 2.45) is 0 Å². The van der Waals surface area contributed by atoms with Gasteiger partial charge in [0.15, 0.2) is 0 Å². The van der Waals surface area contributed by atoms with Crippen molar-refractivity contribution >= 4 is 11.9 Å². The van der Waals surface area contributed by atoms with Crippen LogP contribution in [0.25, 0.3) is 0 Å². The van der Waals surface area contributed by atoms with E-state index in [2.05, 4.69) is 19.9 Å². The summed E-state index contributed by atoms with van der Waals surface area (Å²) in [7, 11) is 0. The summed E-state index contributed by atoms with van der Waals surface area (Å²) in [4.78, 5) is 21.7. The Balaban J connectivity index is 0. The Morgan fingerprint density at radius 3 is 1.64 bits per heavy atom. The van der Waals surface area contributed by atoms with Gasteiger partial charge < -0.3 is 25.2 Å². The largest absolute Gasteiger partial charge is 0.481 e. The van der Waals surface area contributed by atoms with Gasteiger partial charge in [-0.15, -0.1) is 0 Å². The number of aliphatic carboxylic acids is 1. The second kappa shape index (κ2) is 37.5. The van der Waals surface area contributed by atoms with Gasteiger partial charge in [-0.1, -0.05) is 154 Å². The van der Waals surface area contributed by atoms with Crippen LogP contribution in [0.4, 0.5) is 0 Å². The highest BCUT2D eigenvalue weighted by molar-refractivity contribution is 5.69. The highest BCUT2D eigenvalue weighted by atomic mass is 16.5. The van der Waals surface area contributed by atoms with E-state index in [-0.39, 0.29) is 25.3 Å². The van der Waals surface area contributed by atoms with Crippen LogP contribution in [0.2, 0.25) is 0 Å². The molecule has 0 aromatic heterocycles. The summed E-state index contributed by atoms with van der Waals surface area (Å²) in [5.74, 6) is -0.970. The normalized spacial score (nSPS) is 12.8. The van der Waals surface area contributed by atoms with Gasteiger partial charge in [0.25, 0.3) is 0 Å². The first-order chi connectivity index (χ1) is 21.4. The molecule has 4 N–H and O–H groups in total. The lowest BCUT2D eigenvalue weighted by atomic mass is 10.0. The maximum absolute atomic E-state index is 11.3. The molecule has 7 heteroatoms. The third-order valence-corrected chi connectivity index (χ3v) is 7.58. The number of carboxylic acid groups (broad SMARTS) is 1. The van der Waals surface area contributed by atoms with Crippen LogP contribution in [-0.2, 0) is 14.3 Å². The van der Waals surface area contributed by atoms with Gasteiger partial charge >= 0.3 is 11.9 Å². The fourth-order valence-corrected chi connectivity index (χ4v) is 4.74. The lowest BCUT2D eigenvalue weighted by molar-refractivity contribution is -0.147. The summed E-state index contributed by atoms with van der Waals surface area (Å²) in [6.45, 7) is 3.95. The number of carboxylic acids is 1. The van der Waals surface area contributed by atoms with E-state index in [1.54, 1.807) is 0 Å². The average Bonchev–Trinajstić information content (AvgIpc) is 3.01. The number of esters is 1. The van der Waals surface area contributed by atoms with Gasteiger partial charge in [-0.25, -0.2) is 0 Å². The summed E-state index contributed by atoms with van der Waals surface area (Å²) in [6, 6.07) is 0.